The van der Waals surface area contributed by atoms with Crippen LogP contribution in [0.1, 0.15) is 24.6 Å². The summed E-state index contributed by atoms with van der Waals surface area (Å²) >= 11 is 1.52. The highest BCUT2D eigenvalue weighted by Crippen LogP contribution is 2.34. The van der Waals surface area contributed by atoms with E-state index < -0.39 is 10.0 Å². The molecule has 0 spiro atoms. The van der Waals surface area contributed by atoms with Crippen molar-refractivity contribution in [1.29, 1.82) is 0 Å². The standard InChI is InChI=1S/C25H26FN5O2S2/c1-4-21-24(29(2)25-28-22(16-34-25)18-5-8-20(26)9-6-18)31-15-19(7-10-23(31)27-21)17-11-13-30(14-12-17)35(3,32)33/h5-11,15-16H,4,12-14H2,1-3H3. The summed E-state index contributed by atoms with van der Waals surface area (Å²) in [7, 11) is -1.21. The molecule has 4 heterocycles. The fourth-order valence-electron chi connectivity index (χ4n) is 4.34. The quantitative estimate of drug-likeness (QED) is 0.365. The van der Waals surface area contributed by atoms with Crippen LogP contribution in [0, 0.1) is 5.82 Å². The first-order valence-corrected chi connectivity index (χ1v) is 14.1. The lowest BCUT2D eigenvalue weighted by molar-refractivity contribution is 0.446. The second kappa shape index (κ2) is 9.18. The number of halogens is 1. The van der Waals surface area contributed by atoms with E-state index in [1.54, 1.807) is 12.1 Å². The third-order valence-electron chi connectivity index (χ3n) is 6.25. The number of aromatic nitrogens is 3. The van der Waals surface area contributed by atoms with Crippen LogP contribution in [0.2, 0.25) is 0 Å². The second-order valence-corrected chi connectivity index (χ2v) is 11.4. The van der Waals surface area contributed by atoms with E-state index in [1.165, 1.54) is 34.0 Å². The van der Waals surface area contributed by atoms with Gasteiger partial charge in [-0.3, -0.25) is 4.40 Å². The van der Waals surface area contributed by atoms with Gasteiger partial charge in [0.05, 0.1) is 17.6 Å². The Labute approximate surface area is 208 Å². The van der Waals surface area contributed by atoms with Crippen molar-refractivity contribution in [2.75, 3.05) is 31.3 Å². The largest absolute Gasteiger partial charge is 0.305 e. The van der Waals surface area contributed by atoms with Gasteiger partial charge in [-0.05, 0) is 60.4 Å². The lowest BCUT2D eigenvalue weighted by atomic mass is 10.0. The summed E-state index contributed by atoms with van der Waals surface area (Å²) < 4.78 is 40.6. The highest BCUT2D eigenvalue weighted by molar-refractivity contribution is 7.88. The number of benzene rings is 1. The van der Waals surface area contributed by atoms with Crippen molar-refractivity contribution in [3.8, 4) is 11.3 Å². The van der Waals surface area contributed by atoms with Gasteiger partial charge in [0, 0.05) is 37.3 Å². The number of nitrogens with zero attached hydrogens (tertiary/aromatic N) is 5. The van der Waals surface area contributed by atoms with Crippen LogP contribution in [0.3, 0.4) is 0 Å². The first kappa shape index (κ1) is 23.7. The minimum Gasteiger partial charge on any atom is -0.305 e. The third-order valence-corrected chi connectivity index (χ3v) is 8.43. The molecule has 0 aliphatic carbocycles. The van der Waals surface area contributed by atoms with Crippen LogP contribution >= 0.6 is 11.3 Å². The van der Waals surface area contributed by atoms with Gasteiger partial charge >= 0.3 is 0 Å². The number of imidazole rings is 1. The number of fused-ring (bicyclic) bond motifs is 1. The average molecular weight is 512 g/mol. The average Bonchev–Trinajstić information content (AvgIpc) is 3.48. The topological polar surface area (TPSA) is 70.8 Å². The van der Waals surface area contributed by atoms with Gasteiger partial charge in [0.1, 0.15) is 17.3 Å². The Morgan fingerprint density at radius 3 is 2.51 bits per heavy atom. The van der Waals surface area contributed by atoms with E-state index in [9.17, 15) is 12.8 Å². The molecule has 0 saturated carbocycles. The van der Waals surface area contributed by atoms with Gasteiger partial charge in [-0.25, -0.2) is 22.8 Å². The van der Waals surface area contributed by atoms with Crippen molar-refractivity contribution in [3.05, 3.63) is 71.1 Å². The molecule has 5 rings (SSSR count). The Morgan fingerprint density at radius 1 is 1.11 bits per heavy atom. The number of hydrogen-bond donors (Lipinski definition) is 0. The number of anilines is 2. The number of pyridine rings is 1. The van der Waals surface area contributed by atoms with Crippen LogP contribution in [-0.4, -0.2) is 53.5 Å². The highest BCUT2D eigenvalue weighted by Gasteiger charge is 2.22. The third kappa shape index (κ3) is 4.61. The van der Waals surface area contributed by atoms with Crippen LogP contribution in [0.25, 0.3) is 22.5 Å². The Bertz CT molecular complexity index is 1520. The molecular formula is C25H26FN5O2S2. The van der Waals surface area contributed by atoms with Gasteiger partial charge in [-0.15, -0.1) is 11.3 Å². The van der Waals surface area contributed by atoms with Crippen LogP contribution in [-0.2, 0) is 16.4 Å². The minimum atomic E-state index is -3.19. The first-order valence-electron chi connectivity index (χ1n) is 11.4. The molecule has 1 aromatic carbocycles. The summed E-state index contributed by atoms with van der Waals surface area (Å²) in [6, 6.07) is 10.4. The fourth-order valence-corrected chi connectivity index (χ4v) is 5.91. The lowest BCUT2D eigenvalue weighted by Gasteiger charge is -2.24. The predicted octanol–water partition coefficient (Wildman–Crippen LogP) is 4.98. The molecule has 4 aromatic rings. The molecule has 35 heavy (non-hydrogen) atoms. The summed E-state index contributed by atoms with van der Waals surface area (Å²) in [5.41, 5.74) is 5.64. The van der Waals surface area contributed by atoms with Crippen LogP contribution < -0.4 is 4.90 Å². The summed E-state index contributed by atoms with van der Waals surface area (Å²) in [4.78, 5) is 11.7. The summed E-state index contributed by atoms with van der Waals surface area (Å²) in [6.45, 7) is 2.94. The van der Waals surface area contributed by atoms with Gasteiger partial charge in [-0.1, -0.05) is 13.0 Å². The van der Waals surface area contributed by atoms with E-state index in [-0.39, 0.29) is 5.82 Å². The molecule has 1 aliphatic rings. The molecule has 1 aliphatic heterocycles. The Kier molecular flexibility index (Phi) is 6.20. The van der Waals surface area contributed by atoms with Gasteiger partial charge in [-0.2, -0.15) is 4.31 Å². The van der Waals surface area contributed by atoms with Gasteiger partial charge < -0.3 is 4.90 Å². The maximum Gasteiger partial charge on any atom is 0.211 e. The normalized spacial score (nSPS) is 14.9. The molecule has 7 nitrogen and oxygen atoms in total. The monoisotopic (exact) mass is 511 g/mol. The lowest BCUT2D eigenvalue weighted by Crippen LogP contribution is -2.33. The van der Waals surface area contributed by atoms with Crippen molar-refractivity contribution < 1.29 is 12.8 Å². The molecule has 0 atom stereocenters. The fraction of sp³-hybridized carbons (Fsp3) is 0.280. The zero-order valence-electron chi connectivity index (χ0n) is 19.8. The molecule has 3 aromatic heterocycles. The zero-order chi connectivity index (χ0) is 24.7. The number of thiazole rings is 1. The summed E-state index contributed by atoms with van der Waals surface area (Å²) in [5.74, 6) is 0.672. The SMILES string of the molecule is CCc1nc2ccc(C3=CCN(S(C)(=O)=O)CC3)cn2c1N(C)c1nc(-c2ccc(F)cc2)cs1. The van der Waals surface area contributed by atoms with Gasteiger partial charge in [0.25, 0.3) is 0 Å². The van der Waals surface area contributed by atoms with E-state index >= 15 is 0 Å². The maximum absolute atomic E-state index is 13.3. The van der Waals surface area contributed by atoms with E-state index in [1.807, 2.05) is 35.5 Å². The molecule has 0 radical (unpaired) electrons. The molecule has 0 fully saturated rings. The minimum absolute atomic E-state index is 0.271. The molecule has 0 N–H and O–H groups in total. The predicted molar refractivity (Wildman–Crippen MR) is 139 cm³/mol. The molecule has 0 bridgehead atoms. The van der Waals surface area contributed by atoms with Crippen molar-refractivity contribution in [2.24, 2.45) is 0 Å². The number of rotatable bonds is 6. The van der Waals surface area contributed by atoms with Crippen molar-refractivity contribution in [2.45, 2.75) is 19.8 Å². The number of hydrogen-bond acceptors (Lipinski definition) is 6. The Hall–Kier alpha value is -3.08. The summed E-state index contributed by atoms with van der Waals surface area (Å²) in [5, 5.41) is 2.78. The second-order valence-electron chi connectivity index (χ2n) is 8.56. The van der Waals surface area contributed by atoms with E-state index in [4.69, 9.17) is 9.97 Å². The first-order chi connectivity index (χ1) is 16.7. The van der Waals surface area contributed by atoms with E-state index in [0.717, 1.165) is 51.1 Å². The Balaban J connectivity index is 1.50. The van der Waals surface area contributed by atoms with Crippen LogP contribution in [0.4, 0.5) is 15.3 Å². The summed E-state index contributed by atoms with van der Waals surface area (Å²) in [6.07, 6.45) is 6.73. The van der Waals surface area contributed by atoms with Crippen molar-refractivity contribution >= 4 is 43.5 Å². The molecular weight excluding hydrogens is 485 g/mol. The molecule has 0 saturated heterocycles. The number of aryl methyl sites for hydroxylation is 1. The smallest absolute Gasteiger partial charge is 0.211 e. The highest BCUT2D eigenvalue weighted by atomic mass is 32.2. The Morgan fingerprint density at radius 2 is 1.86 bits per heavy atom. The molecule has 182 valence electrons. The maximum atomic E-state index is 13.3. The van der Waals surface area contributed by atoms with Crippen LogP contribution in [0.5, 0.6) is 0 Å². The number of sulfonamides is 1. The van der Waals surface area contributed by atoms with E-state index in [0.29, 0.717) is 19.5 Å². The van der Waals surface area contributed by atoms with Crippen LogP contribution in [0.15, 0.2) is 54.1 Å². The van der Waals surface area contributed by atoms with Gasteiger partial charge in [0.2, 0.25) is 10.0 Å². The zero-order valence-corrected chi connectivity index (χ0v) is 21.4. The van der Waals surface area contributed by atoms with Crippen molar-refractivity contribution in [1.82, 2.24) is 18.7 Å². The molecule has 0 unspecified atom stereocenters. The van der Waals surface area contributed by atoms with E-state index in [2.05, 4.69) is 17.5 Å². The molecule has 10 heteroatoms. The van der Waals surface area contributed by atoms with Gasteiger partial charge in [0.15, 0.2) is 5.13 Å². The molecule has 0 amide bonds. The van der Waals surface area contributed by atoms with Crippen molar-refractivity contribution in [3.63, 3.8) is 0 Å².